The highest BCUT2D eigenvalue weighted by Gasteiger charge is 2.37. The van der Waals surface area contributed by atoms with Crippen molar-refractivity contribution in [2.75, 3.05) is 24.7 Å². The van der Waals surface area contributed by atoms with E-state index in [1.165, 1.54) is 11.0 Å². The van der Waals surface area contributed by atoms with Gasteiger partial charge < -0.3 is 4.74 Å². The number of fused-ring (bicyclic) bond motifs is 1. The number of hydrogen-bond acceptors (Lipinski definition) is 3. The first-order valence-electron chi connectivity index (χ1n) is 6.66. The van der Waals surface area contributed by atoms with Crippen LogP contribution in [0.2, 0.25) is 0 Å². The van der Waals surface area contributed by atoms with Crippen molar-refractivity contribution in [1.82, 2.24) is 0 Å². The Kier molecular flexibility index (Phi) is 4.18. The zero-order valence-electron chi connectivity index (χ0n) is 11.9. The number of nitrogens with zero attached hydrogens (tertiary/aromatic N) is 1. The predicted molar refractivity (Wildman–Crippen MR) is 73.5 cm³/mol. The minimum atomic E-state index is -0.683. The highest BCUT2D eigenvalue weighted by atomic mass is 19.1. The Morgan fingerprint density at radius 3 is 2.65 bits per heavy atom. The quantitative estimate of drug-likeness (QED) is 0.614. The topological polar surface area (TPSA) is 46.6 Å². The largest absolute Gasteiger partial charge is 0.379 e. The van der Waals surface area contributed by atoms with E-state index in [0.29, 0.717) is 18.1 Å². The van der Waals surface area contributed by atoms with E-state index in [2.05, 4.69) is 0 Å². The molecule has 5 heteroatoms. The van der Waals surface area contributed by atoms with E-state index >= 15 is 0 Å². The lowest BCUT2D eigenvalue weighted by molar-refractivity contribution is -0.114. The Hall–Kier alpha value is -1.75. The number of carbonyl (C=O) groups excluding carboxylic acids is 2. The van der Waals surface area contributed by atoms with E-state index < -0.39 is 17.5 Å². The van der Waals surface area contributed by atoms with Gasteiger partial charge in [0, 0.05) is 13.2 Å². The van der Waals surface area contributed by atoms with Gasteiger partial charge in [0.05, 0.1) is 17.9 Å². The minimum Gasteiger partial charge on any atom is -0.379 e. The number of ketones is 1. The van der Waals surface area contributed by atoms with Crippen LogP contribution in [0, 0.1) is 18.7 Å². The molecule has 1 amide bonds. The van der Waals surface area contributed by atoms with Crippen LogP contribution in [0.25, 0.3) is 0 Å². The predicted octanol–water partition coefficient (Wildman–Crippen LogP) is 2.34. The Labute approximate surface area is 117 Å². The molecule has 108 valence electrons. The van der Waals surface area contributed by atoms with Gasteiger partial charge in [-0.25, -0.2) is 4.39 Å². The van der Waals surface area contributed by atoms with Crippen molar-refractivity contribution in [3.05, 3.63) is 29.1 Å². The summed E-state index contributed by atoms with van der Waals surface area (Å²) in [6, 6.07) is 2.88. The first-order valence-corrected chi connectivity index (χ1v) is 6.66. The summed E-state index contributed by atoms with van der Waals surface area (Å²) >= 11 is 0. The van der Waals surface area contributed by atoms with Crippen molar-refractivity contribution < 1.29 is 18.7 Å². The van der Waals surface area contributed by atoms with Crippen LogP contribution in [-0.4, -0.2) is 31.4 Å². The molecule has 0 bridgehead atoms. The molecular weight excluding hydrogens is 261 g/mol. The average molecular weight is 279 g/mol. The normalized spacial score (nSPS) is 14.3. The maximum Gasteiger partial charge on any atom is 0.299 e. The van der Waals surface area contributed by atoms with Gasteiger partial charge in [0.1, 0.15) is 5.82 Å². The van der Waals surface area contributed by atoms with Crippen LogP contribution < -0.4 is 4.90 Å². The molecule has 0 N–H and O–H groups in total. The lowest BCUT2D eigenvalue weighted by Crippen LogP contribution is -2.33. The molecule has 20 heavy (non-hydrogen) atoms. The Morgan fingerprint density at radius 1 is 1.30 bits per heavy atom. The fraction of sp³-hybridized carbons (Fsp3) is 0.467. The third kappa shape index (κ3) is 2.72. The van der Waals surface area contributed by atoms with Crippen LogP contribution in [0.4, 0.5) is 10.1 Å². The smallest absolute Gasteiger partial charge is 0.299 e. The lowest BCUT2D eigenvalue weighted by Gasteiger charge is -2.17. The molecule has 1 aromatic carbocycles. The maximum absolute atomic E-state index is 14.0. The average Bonchev–Trinajstić information content (AvgIpc) is 2.59. The van der Waals surface area contributed by atoms with Gasteiger partial charge in [-0.3, -0.25) is 14.5 Å². The third-order valence-electron chi connectivity index (χ3n) is 3.07. The molecule has 0 saturated carbocycles. The molecule has 0 radical (unpaired) electrons. The number of carbonyl (C=O) groups is 2. The number of ether oxygens (including phenoxy) is 1. The number of anilines is 1. The SMILES string of the molecule is Cc1cc(F)c2c(c1)C(=O)C(=O)N2CCOCC(C)C. The highest BCUT2D eigenvalue weighted by Crippen LogP contribution is 2.32. The van der Waals surface area contributed by atoms with Gasteiger partial charge in [0.2, 0.25) is 0 Å². The Balaban J connectivity index is 2.16. The van der Waals surface area contributed by atoms with Gasteiger partial charge in [0.25, 0.3) is 11.7 Å². The Morgan fingerprint density at radius 2 is 2.00 bits per heavy atom. The van der Waals surface area contributed by atoms with Crippen molar-refractivity contribution in [2.24, 2.45) is 5.92 Å². The summed E-state index contributed by atoms with van der Waals surface area (Å²) in [5.74, 6) is -1.48. The zero-order chi connectivity index (χ0) is 14.9. The molecule has 0 unspecified atom stereocenters. The van der Waals surface area contributed by atoms with Gasteiger partial charge in [0.15, 0.2) is 0 Å². The number of benzene rings is 1. The van der Waals surface area contributed by atoms with Crippen LogP contribution in [0.15, 0.2) is 12.1 Å². The third-order valence-corrected chi connectivity index (χ3v) is 3.07. The first-order chi connectivity index (χ1) is 9.41. The molecule has 0 fully saturated rings. The number of aryl methyl sites for hydroxylation is 1. The van der Waals surface area contributed by atoms with E-state index in [9.17, 15) is 14.0 Å². The lowest BCUT2D eigenvalue weighted by atomic mass is 10.1. The molecule has 1 aliphatic heterocycles. The molecule has 2 rings (SSSR count). The van der Waals surface area contributed by atoms with Crippen LogP contribution in [0.3, 0.4) is 0 Å². The molecular formula is C15H18FNO3. The number of amides is 1. The van der Waals surface area contributed by atoms with Gasteiger partial charge in [-0.2, -0.15) is 0 Å². The molecule has 0 aromatic heterocycles. The molecule has 0 spiro atoms. The summed E-state index contributed by atoms with van der Waals surface area (Å²) in [6.45, 7) is 6.76. The van der Waals surface area contributed by atoms with Gasteiger partial charge in [-0.1, -0.05) is 13.8 Å². The second-order valence-electron chi connectivity index (χ2n) is 5.40. The van der Waals surface area contributed by atoms with E-state index in [0.717, 1.165) is 0 Å². The van der Waals surface area contributed by atoms with Crippen LogP contribution in [-0.2, 0) is 9.53 Å². The minimum absolute atomic E-state index is 0.0822. The van der Waals surface area contributed by atoms with Crippen molar-refractivity contribution in [3.8, 4) is 0 Å². The number of halogens is 1. The van der Waals surface area contributed by atoms with Crippen molar-refractivity contribution in [3.63, 3.8) is 0 Å². The van der Waals surface area contributed by atoms with Gasteiger partial charge in [-0.05, 0) is 30.5 Å². The fourth-order valence-electron chi connectivity index (χ4n) is 2.21. The summed E-state index contributed by atoms with van der Waals surface area (Å²) in [7, 11) is 0. The Bertz CT molecular complexity index is 554. The fourth-order valence-corrected chi connectivity index (χ4v) is 2.21. The van der Waals surface area contributed by atoms with E-state index in [4.69, 9.17) is 4.74 Å². The van der Waals surface area contributed by atoms with E-state index in [-0.39, 0.29) is 24.4 Å². The van der Waals surface area contributed by atoms with Crippen LogP contribution in [0.5, 0.6) is 0 Å². The molecule has 1 aliphatic rings. The first kappa shape index (κ1) is 14.7. The number of Topliss-reactive ketones (excluding diaryl/α,β-unsaturated/α-hetero) is 1. The maximum atomic E-state index is 14.0. The molecule has 0 saturated heterocycles. The van der Waals surface area contributed by atoms with Crippen molar-refractivity contribution >= 4 is 17.4 Å². The summed E-state index contributed by atoms with van der Waals surface area (Å²) in [6.07, 6.45) is 0. The van der Waals surface area contributed by atoms with Crippen LogP contribution >= 0.6 is 0 Å². The van der Waals surface area contributed by atoms with Gasteiger partial charge in [-0.15, -0.1) is 0 Å². The molecule has 1 aromatic rings. The summed E-state index contributed by atoms with van der Waals surface area (Å²) < 4.78 is 19.4. The zero-order valence-corrected chi connectivity index (χ0v) is 11.9. The monoisotopic (exact) mass is 279 g/mol. The summed E-state index contributed by atoms with van der Waals surface area (Å²) in [5.41, 5.74) is 0.857. The second kappa shape index (κ2) is 5.71. The van der Waals surface area contributed by atoms with Gasteiger partial charge >= 0.3 is 0 Å². The summed E-state index contributed by atoms with van der Waals surface area (Å²) in [4.78, 5) is 24.9. The second-order valence-corrected chi connectivity index (χ2v) is 5.40. The number of hydrogen-bond donors (Lipinski definition) is 0. The molecule has 0 atom stereocenters. The molecule has 4 nitrogen and oxygen atoms in total. The highest BCUT2D eigenvalue weighted by molar-refractivity contribution is 6.52. The van der Waals surface area contributed by atoms with Crippen LogP contribution in [0.1, 0.15) is 29.8 Å². The molecule has 1 heterocycles. The molecule has 0 aliphatic carbocycles. The standard InChI is InChI=1S/C15H18FNO3/c1-9(2)8-20-5-4-17-13-11(14(18)15(17)19)6-10(3)7-12(13)16/h6-7,9H,4-5,8H2,1-3H3. The van der Waals surface area contributed by atoms with Crippen molar-refractivity contribution in [1.29, 1.82) is 0 Å². The summed E-state index contributed by atoms with van der Waals surface area (Å²) in [5, 5.41) is 0. The van der Waals surface area contributed by atoms with E-state index in [1.54, 1.807) is 13.0 Å². The number of rotatable bonds is 5. The van der Waals surface area contributed by atoms with Crippen molar-refractivity contribution in [2.45, 2.75) is 20.8 Å². The van der Waals surface area contributed by atoms with E-state index in [1.807, 2.05) is 13.8 Å².